The smallest absolute Gasteiger partial charge is 0.255 e. The lowest BCUT2D eigenvalue weighted by Gasteiger charge is -2.15. The number of halogens is 1. The Morgan fingerprint density at radius 2 is 1.83 bits per heavy atom. The second kappa shape index (κ2) is 7.10. The second-order valence-corrected chi connectivity index (χ2v) is 4.12. The van der Waals surface area contributed by atoms with Crippen molar-refractivity contribution in [3.05, 3.63) is 17.7 Å². The first-order valence-electron chi connectivity index (χ1n) is 5.32. The van der Waals surface area contributed by atoms with Gasteiger partial charge in [-0.1, -0.05) is 15.9 Å². The highest BCUT2D eigenvalue weighted by molar-refractivity contribution is 9.09. The van der Waals surface area contributed by atoms with E-state index in [2.05, 4.69) is 21.2 Å². The Bertz CT molecular complexity index is 423. The minimum Gasteiger partial charge on any atom is -0.493 e. The van der Waals surface area contributed by atoms with Gasteiger partial charge in [0.2, 0.25) is 5.75 Å². The highest BCUT2D eigenvalue weighted by Crippen LogP contribution is 2.39. The summed E-state index contributed by atoms with van der Waals surface area (Å²) in [6, 6.07) is 3.31. The number of hydrogen-bond acceptors (Lipinski definition) is 4. The number of methoxy groups -OCH3 is 3. The average Bonchev–Trinajstić information content (AvgIpc) is 2.42. The van der Waals surface area contributed by atoms with Gasteiger partial charge < -0.3 is 19.5 Å². The van der Waals surface area contributed by atoms with Gasteiger partial charge in [0.25, 0.3) is 5.91 Å². The van der Waals surface area contributed by atoms with Gasteiger partial charge in [0.05, 0.1) is 26.9 Å². The van der Waals surface area contributed by atoms with Gasteiger partial charge in [-0.2, -0.15) is 0 Å². The number of carbonyl (C=O) groups is 1. The van der Waals surface area contributed by atoms with Crippen LogP contribution in [0.2, 0.25) is 0 Å². The van der Waals surface area contributed by atoms with Crippen LogP contribution in [0.3, 0.4) is 0 Å². The fraction of sp³-hybridized carbons (Fsp3) is 0.417. The van der Waals surface area contributed by atoms with Crippen molar-refractivity contribution in [2.75, 3.05) is 33.2 Å². The molecule has 0 heterocycles. The summed E-state index contributed by atoms with van der Waals surface area (Å²) in [4.78, 5) is 11.9. The van der Waals surface area contributed by atoms with Crippen molar-refractivity contribution in [1.82, 2.24) is 5.32 Å². The predicted molar refractivity (Wildman–Crippen MR) is 72.2 cm³/mol. The second-order valence-electron chi connectivity index (χ2n) is 3.33. The van der Waals surface area contributed by atoms with E-state index in [1.807, 2.05) is 0 Å². The largest absolute Gasteiger partial charge is 0.493 e. The third-order valence-corrected chi connectivity index (χ3v) is 2.73. The molecule has 0 fully saturated rings. The van der Waals surface area contributed by atoms with E-state index in [9.17, 15) is 4.79 Å². The third-order valence-electron chi connectivity index (χ3n) is 2.33. The van der Waals surface area contributed by atoms with Crippen molar-refractivity contribution in [3.8, 4) is 17.2 Å². The summed E-state index contributed by atoms with van der Waals surface area (Å²) in [6.07, 6.45) is 0. The molecule has 100 valence electrons. The number of ether oxygens (including phenoxy) is 3. The van der Waals surface area contributed by atoms with E-state index in [1.165, 1.54) is 21.3 Å². The molecule has 0 bridgehead atoms. The number of nitrogens with one attached hydrogen (secondary N) is 1. The van der Waals surface area contributed by atoms with Crippen LogP contribution in [0, 0.1) is 0 Å². The standard InChI is InChI=1S/C12H16BrNO4/c1-16-9-5-4-8(12(15)14-7-6-13)10(17-2)11(9)18-3/h4-5H,6-7H2,1-3H3,(H,14,15). The van der Waals surface area contributed by atoms with Gasteiger partial charge in [0.15, 0.2) is 11.5 Å². The van der Waals surface area contributed by atoms with Gasteiger partial charge in [-0.25, -0.2) is 0 Å². The fourth-order valence-electron chi connectivity index (χ4n) is 1.54. The molecule has 18 heavy (non-hydrogen) atoms. The number of alkyl halides is 1. The summed E-state index contributed by atoms with van der Waals surface area (Å²) in [6.45, 7) is 0.538. The molecule has 0 atom stereocenters. The molecule has 0 aliphatic rings. The molecule has 0 radical (unpaired) electrons. The Labute approximate surface area is 115 Å². The quantitative estimate of drug-likeness (QED) is 0.813. The summed E-state index contributed by atoms with van der Waals surface area (Å²) < 4.78 is 15.6. The van der Waals surface area contributed by atoms with Gasteiger partial charge in [0, 0.05) is 11.9 Å². The number of benzene rings is 1. The van der Waals surface area contributed by atoms with Gasteiger partial charge in [-0.05, 0) is 12.1 Å². The predicted octanol–water partition coefficient (Wildman–Crippen LogP) is 1.84. The highest BCUT2D eigenvalue weighted by Gasteiger charge is 2.20. The lowest BCUT2D eigenvalue weighted by Crippen LogP contribution is -2.25. The highest BCUT2D eigenvalue weighted by atomic mass is 79.9. The van der Waals surface area contributed by atoms with Crippen molar-refractivity contribution in [2.24, 2.45) is 0 Å². The summed E-state index contributed by atoms with van der Waals surface area (Å²) in [7, 11) is 4.51. The summed E-state index contributed by atoms with van der Waals surface area (Å²) >= 11 is 3.25. The minimum absolute atomic E-state index is 0.216. The van der Waals surface area contributed by atoms with Crippen molar-refractivity contribution in [2.45, 2.75) is 0 Å². The van der Waals surface area contributed by atoms with Crippen LogP contribution in [0.15, 0.2) is 12.1 Å². The SMILES string of the molecule is COc1ccc(C(=O)NCCBr)c(OC)c1OC. The van der Waals surface area contributed by atoms with E-state index in [0.717, 1.165) is 0 Å². The lowest BCUT2D eigenvalue weighted by molar-refractivity contribution is 0.0952. The zero-order chi connectivity index (χ0) is 13.5. The first kappa shape index (κ1) is 14.6. The van der Waals surface area contributed by atoms with E-state index in [0.29, 0.717) is 34.7 Å². The molecule has 6 heteroatoms. The topological polar surface area (TPSA) is 56.8 Å². The van der Waals surface area contributed by atoms with E-state index in [-0.39, 0.29) is 5.91 Å². The minimum atomic E-state index is -0.216. The molecule has 0 spiro atoms. The molecule has 1 rings (SSSR count). The van der Waals surface area contributed by atoms with Crippen LogP contribution in [0.25, 0.3) is 0 Å². The maximum atomic E-state index is 11.9. The lowest BCUT2D eigenvalue weighted by atomic mass is 10.1. The molecule has 1 N–H and O–H groups in total. The zero-order valence-electron chi connectivity index (χ0n) is 10.6. The molecule has 0 saturated heterocycles. The van der Waals surface area contributed by atoms with Gasteiger partial charge >= 0.3 is 0 Å². The number of amides is 1. The number of rotatable bonds is 6. The first-order chi connectivity index (χ1) is 8.69. The van der Waals surface area contributed by atoms with Crippen molar-refractivity contribution >= 4 is 21.8 Å². The van der Waals surface area contributed by atoms with Crippen LogP contribution >= 0.6 is 15.9 Å². The Kier molecular flexibility index (Phi) is 5.77. The van der Waals surface area contributed by atoms with Crippen molar-refractivity contribution < 1.29 is 19.0 Å². The molecular formula is C12H16BrNO4. The van der Waals surface area contributed by atoms with Gasteiger partial charge in [0.1, 0.15) is 0 Å². The molecule has 0 aliphatic carbocycles. The summed E-state index contributed by atoms with van der Waals surface area (Å²) in [5.74, 6) is 1.08. The third kappa shape index (κ3) is 3.07. The Hall–Kier alpha value is -1.43. The van der Waals surface area contributed by atoms with E-state index in [1.54, 1.807) is 12.1 Å². The van der Waals surface area contributed by atoms with Crippen molar-refractivity contribution in [3.63, 3.8) is 0 Å². The molecule has 1 amide bonds. The van der Waals surface area contributed by atoms with E-state index < -0.39 is 0 Å². The van der Waals surface area contributed by atoms with Crippen LogP contribution in [-0.4, -0.2) is 39.1 Å². The molecule has 0 aliphatic heterocycles. The average molecular weight is 318 g/mol. The zero-order valence-corrected chi connectivity index (χ0v) is 12.2. The molecule has 0 aromatic heterocycles. The Morgan fingerprint density at radius 3 is 2.33 bits per heavy atom. The van der Waals surface area contributed by atoms with Crippen LogP contribution in [0.1, 0.15) is 10.4 Å². The summed E-state index contributed by atoms with van der Waals surface area (Å²) in [5.41, 5.74) is 0.413. The molecule has 5 nitrogen and oxygen atoms in total. The van der Waals surface area contributed by atoms with E-state index >= 15 is 0 Å². The summed E-state index contributed by atoms with van der Waals surface area (Å²) in [5, 5.41) is 3.44. The first-order valence-corrected chi connectivity index (χ1v) is 6.44. The van der Waals surface area contributed by atoms with Crippen LogP contribution < -0.4 is 19.5 Å². The van der Waals surface area contributed by atoms with Gasteiger partial charge in [-0.15, -0.1) is 0 Å². The molecule has 1 aromatic rings. The van der Waals surface area contributed by atoms with Gasteiger partial charge in [-0.3, -0.25) is 4.79 Å². The maximum Gasteiger partial charge on any atom is 0.255 e. The van der Waals surface area contributed by atoms with Crippen molar-refractivity contribution in [1.29, 1.82) is 0 Å². The molecular weight excluding hydrogens is 302 g/mol. The molecule has 0 saturated carbocycles. The number of hydrogen-bond donors (Lipinski definition) is 1. The number of carbonyl (C=O) groups excluding carboxylic acids is 1. The van der Waals surface area contributed by atoms with Crippen LogP contribution in [0.4, 0.5) is 0 Å². The van der Waals surface area contributed by atoms with Crippen LogP contribution in [0.5, 0.6) is 17.2 Å². The monoisotopic (exact) mass is 317 g/mol. The Morgan fingerprint density at radius 1 is 1.17 bits per heavy atom. The molecule has 0 unspecified atom stereocenters. The van der Waals surface area contributed by atoms with E-state index in [4.69, 9.17) is 14.2 Å². The Balaban J connectivity index is 3.16. The molecule has 1 aromatic carbocycles. The normalized spacial score (nSPS) is 9.78. The van der Waals surface area contributed by atoms with Crippen LogP contribution in [-0.2, 0) is 0 Å². The maximum absolute atomic E-state index is 11.9. The fourth-order valence-corrected chi connectivity index (χ4v) is 1.73.